The molecular weight excluding hydrogens is 394 g/mol. The number of hydrogen-bond donors (Lipinski definition) is 0. The van der Waals surface area contributed by atoms with Crippen molar-refractivity contribution in [1.82, 2.24) is 14.8 Å². The summed E-state index contributed by atoms with van der Waals surface area (Å²) in [4.78, 5) is 22.0. The Bertz CT molecular complexity index is 854. The first-order valence-corrected chi connectivity index (χ1v) is 12.1. The lowest BCUT2D eigenvalue weighted by Crippen LogP contribution is -2.43. The lowest BCUT2D eigenvalue weighted by molar-refractivity contribution is 0.0729. The molecule has 5 nitrogen and oxygen atoms in total. The smallest absolute Gasteiger partial charge is 0.254 e. The molecule has 0 bridgehead atoms. The molecule has 0 unspecified atom stereocenters. The van der Waals surface area contributed by atoms with Crippen LogP contribution in [-0.4, -0.2) is 53.0 Å². The maximum atomic E-state index is 13.0. The van der Waals surface area contributed by atoms with Crippen LogP contribution in [-0.2, 0) is 0 Å². The Morgan fingerprint density at radius 3 is 2.63 bits per heavy atom. The Labute approximate surface area is 184 Å². The molecule has 2 heterocycles. The van der Waals surface area contributed by atoms with Crippen molar-refractivity contribution in [1.29, 1.82) is 0 Å². The van der Waals surface area contributed by atoms with Crippen molar-refractivity contribution in [2.75, 3.05) is 20.1 Å². The first-order valence-electron chi connectivity index (χ1n) is 11.2. The summed E-state index contributed by atoms with van der Waals surface area (Å²) in [6, 6.07) is 8.39. The average Bonchev–Trinajstić information content (AvgIpc) is 3.45. The number of aromatic nitrogens is 1. The topological polar surface area (TPSA) is 45.7 Å². The summed E-state index contributed by atoms with van der Waals surface area (Å²) in [5, 5.41) is 2.99. The van der Waals surface area contributed by atoms with Gasteiger partial charge in [-0.2, -0.15) is 0 Å². The number of aryl methyl sites for hydroxylation is 1. The number of ether oxygens (including phenoxy) is 1. The third-order valence-corrected chi connectivity index (χ3v) is 7.73. The number of amides is 1. The molecule has 6 heteroatoms. The first-order chi connectivity index (χ1) is 14.5. The molecule has 1 amide bonds. The minimum Gasteiger partial charge on any atom is -0.490 e. The van der Waals surface area contributed by atoms with Crippen molar-refractivity contribution in [2.24, 2.45) is 0 Å². The van der Waals surface area contributed by atoms with Crippen molar-refractivity contribution in [3.63, 3.8) is 0 Å². The highest BCUT2D eigenvalue weighted by Gasteiger charge is 2.28. The number of rotatable bonds is 6. The standard InChI is InChI=1S/C24H33N3O2S/c1-17-16-30-23(25-17)18(2)26(3)24(28)19-7-6-10-22(15-19)29-21-11-13-27(14-12-21)20-8-4-5-9-20/h6-7,10,15-16,18,20-21H,4-5,8-9,11-14H2,1-3H3/t18-/m0/s1. The van der Waals surface area contributed by atoms with Gasteiger partial charge in [0.25, 0.3) is 5.91 Å². The number of carbonyl (C=O) groups excluding carboxylic acids is 1. The Morgan fingerprint density at radius 1 is 1.23 bits per heavy atom. The number of benzene rings is 1. The lowest BCUT2D eigenvalue weighted by atomic mass is 10.0. The van der Waals surface area contributed by atoms with Gasteiger partial charge >= 0.3 is 0 Å². The van der Waals surface area contributed by atoms with Gasteiger partial charge in [0.05, 0.1) is 6.04 Å². The van der Waals surface area contributed by atoms with Crippen molar-refractivity contribution in [3.05, 3.63) is 45.9 Å². The SMILES string of the molecule is Cc1csc([C@H](C)N(C)C(=O)c2cccc(OC3CCN(C4CCCC4)CC3)c2)n1. The van der Waals surface area contributed by atoms with Crippen molar-refractivity contribution >= 4 is 17.2 Å². The maximum absolute atomic E-state index is 13.0. The van der Waals surface area contributed by atoms with Gasteiger partial charge in [0, 0.05) is 42.8 Å². The zero-order chi connectivity index (χ0) is 21.1. The zero-order valence-electron chi connectivity index (χ0n) is 18.3. The first kappa shape index (κ1) is 21.3. The van der Waals surface area contributed by atoms with Crippen molar-refractivity contribution in [3.8, 4) is 5.75 Å². The lowest BCUT2D eigenvalue weighted by Gasteiger charge is -2.36. The number of carbonyl (C=O) groups is 1. The number of likely N-dealkylation sites (tertiary alicyclic amines) is 1. The van der Waals surface area contributed by atoms with Crippen LogP contribution in [0.4, 0.5) is 0 Å². The van der Waals surface area contributed by atoms with Gasteiger partial charge in [0.15, 0.2) is 0 Å². The fraction of sp³-hybridized carbons (Fsp3) is 0.583. The number of thiazole rings is 1. The fourth-order valence-electron chi connectivity index (χ4n) is 4.63. The molecule has 1 atom stereocenters. The van der Waals surface area contributed by atoms with Gasteiger partial charge in [-0.1, -0.05) is 18.9 Å². The maximum Gasteiger partial charge on any atom is 0.254 e. The molecule has 1 aliphatic carbocycles. The summed E-state index contributed by atoms with van der Waals surface area (Å²) >= 11 is 1.60. The van der Waals surface area contributed by atoms with E-state index in [9.17, 15) is 4.79 Å². The van der Waals surface area contributed by atoms with E-state index in [1.54, 1.807) is 16.2 Å². The Kier molecular flexibility index (Phi) is 6.74. The summed E-state index contributed by atoms with van der Waals surface area (Å²) < 4.78 is 6.28. The van der Waals surface area contributed by atoms with E-state index in [1.165, 1.54) is 25.7 Å². The number of hydrogen-bond acceptors (Lipinski definition) is 5. The summed E-state index contributed by atoms with van der Waals surface area (Å²) in [6.07, 6.45) is 7.87. The summed E-state index contributed by atoms with van der Waals surface area (Å²) in [5.74, 6) is 0.795. The van der Waals surface area contributed by atoms with Gasteiger partial charge in [0.1, 0.15) is 16.9 Å². The van der Waals surface area contributed by atoms with E-state index in [0.717, 1.165) is 48.4 Å². The molecule has 30 heavy (non-hydrogen) atoms. The Balaban J connectivity index is 1.35. The number of nitrogens with zero attached hydrogens (tertiary/aromatic N) is 3. The average molecular weight is 428 g/mol. The highest BCUT2D eigenvalue weighted by Crippen LogP contribution is 2.28. The van der Waals surface area contributed by atoms with E-state index < -0.39 is 0 Å². The molecule has 2 aromatic rings. The van der Waals surface area contributed by atoms with E-state index in [0.29, 0.717) is 5.56 Å². The molecule has 1 saturated carbocycles. The summed E-state index contributed by atoms with van der Waals surface area (Å²) in [5.41, 5.74) is 1.66. The predicted octanol–water partition coefficient (Wildman–Crippen LogP) is 5.07. The van der Waals surface area contributed by atoms with E-state index in [-0.39, 0.29) is 18.1 Å². The second-order valence-electron chi connectivity index (χ2n) is 8.74. The number of piperidine rings is 1. The third kappa shape index (κ3) is 4.86. The minimum absolute atomic E-state index is 0.00291. The van der Waals surface area contributed by atoms with Gasteiger partial charge in [-0.3, -0.25) is 4.79 Å². The molecule has 1 aromatic heterocycles. The molecule has 0 spiro atoms. The van der Waals surface area contributed by atoms with Crippen LogP contribution in [0.15, 0.2) is 29.6 Å². The van der Waals surface area contributed by atoms with Crippen LogP contribution in [0.25, 0.3) is 0 Å². The fourth-order valence-corrected chi connectivity index (χ4v) is 5.53. The second-order valence-corrected chi connectivity index (χ2v) is 9.63. The molecule has 0 N–H and O–H groups in total. The van der Waals surface area contributed by atoms with E-state index in [1.807, 2.05) is 50.5 Å². The Hall–Kier alpha value is -1.92. The minimum atomic E-state index is -0.0549. The third-order valence-electron chi connectivity index (χ3n) is 6.60. The molecular formula is C24H33N3O2S. The normalized spacial score (nSPS) is 19.7. The van der Waals surface area contributed by atoms with Crippen LogP contribution in [0.1, 0.15) is 72.6 Å². The van der Waals surface area contributed by atoms with Crippen LogP contribution in [0.3, 0.4) is 0 Å². The zero-order valence-corrected chi connectivity index (χ0v) is 19.2. The van der Waals surface area contributed by atoms with E-state index >= 15 is 0 Å². The highest BCUT2D eigenvalue weighted by atomic mass is 32.1. The van der Waals surface area contributed by atoms with Gasteiger partial charge in [-0.15, -0.1) is 11.3 Å². The van der Waals surface area contributed by atoms with Crippen LogP contribution in [0.2, 0.25) is 0 Å². The highest BCUT2D eigenvalue weighted by molar-refractivity contribution is 7.09. The molecule has 4 rings (SSSR count). The van der Waals surface area contributed by atoms with Crippen LogP contribution in [0, 0.1) is 6.92 Å². The van der Waals surface area contributed by atoms with Crippen LogP contribution < -0.4 is 4.74 Å². The summed E-state index contributed by atoms with van der Waals surface area (Å²) in [7, 11) is 1.84. The van der Waals surface area contributed by atoms with Gasteiger partial charge < -0.3 is 14.5 Å². The van der Waals surface area contributed by atoms with Crippen molar-refractivity contribution in [2.45, 2.75) is 70.6 Å². The second kappa shape index (κ2) is 9.48. The quantitative estimate of drug-likeness (QED) is 0.646. The molecule has 1 saturated heterocycles. The van der Waals surface area contributed by atoms with Gasteiger partial charge in [0.2, 0.25) is 0 Å². The van der Waals surface area contributed by atoms with E-state index in [4.69, 9.17) is 4.74 Å². The van der Waals surface area contributed by atoms with Gasteiger partial charge in [-0.25, -0.2) is 4.98 Å². The van der Waals surface area contributed by atoms with E-state index in [2.05, 4.69) is 9.88 Å². The monoisotopic (exact) mass is 427 g/mol. The molecule has 0 radical (unpaired) electrons. The van der Waals surface area contributed by atoms with Crippen LogP contribution in [0.5, 0.6) is 5.75 Å². The molecule has 2 aliphatic rings. The Morgan fingerprint density at radius 2 is 1.97 bits per heavy atom. The summed E-state index contributed by atoms with van der Waals surface area (Å²) in [6.45, 7) is 6.26. The molecule has 162 valence electrons. The molecule has 2 fully saturated rings. The predicted molar refractivity (Wildman–Crippen MR) is 121 cm³/mol. The molecule has 1 aliphatic heterocycles. The van der Waals surface area contributed by atoms with Crippen LogP contribution >= 0.6 is 11.3 Å². The van der Waals surface area contributed by atoms with Crippen molar-refractivity contribution < 1.29 is 9.53 Å². The molecule has 1 aromatic carbocycles. The largest absolute Gasteiger partial charge is 0.490 e. The van der Waals surface area contributed by atoms with Gasteiger partial charge in [-0.05, 0) is 57.7 Å².